The zero-order valence-corrected chi connectivity index (χ0v) is 14.3. The van der Waals surface area contributed by atoms with Crippen LogP contribution in [0.3, 0.4) is 0 Å². The van der Waals surface area contributed by atoms with Crippen LogP contribution >= 0.6 is 0 Å². The van der Waals surface area contributed by atoms with Crippen molar-refractivity contribution in [2.75, 3.05) is 7.05 Å². The minimum atomic E-state index is -0.727. The van der Waals surface area contributed by atoms with Gasteiger partial charge >= 0.3 is 5.76 Å². The highest BCUT2D eigenvalue weighted by Crippen LogP contribution is 2.21. The van der Waals surface area contributed by atoms with Crippen molar-refractivity contribution in [3.05, 3.63) is 74.8 Å². The lowest BCUT2D eigenvalue weighted by molar-refractivity contribution is -0.384. The van der Waals surface area contributed by atoms with Crippen molar-refractivity contribution in [1.29, 1.82) is 0 Å². The van der Waals surface area contributed by atoms with E-state index >= 15 is 0 Å². The van der Waals surface area contributed by atoms with Crippen molar-refractivity contribution >= 4 is 22.7 Å². The predicted molar refractivity (Wildman–Crippen MR) is 94.8 cm³/mol. The van der Waals surface area contributed by atoms with Gasteiger partial charge in [-0.15, -0.1) is 0 Å². The first kappa shape index (κ1) is 17.4. The van der Waals surface area contributed by atoms with E-state index in [9.17, 15) is 19.7 Å². The minimum absolute atomic E-state index is 0.0794. The third-order valence-corrected chi connectivity index (χ3v) is 4.41. The Bertz CT molecular complexity index is 1020. The van der Waals surface area contributed by atoms with Crippen LogP contribution in [0.25, 0.3) is 11.1 Å². The standard InChI is InChI=1S/C18H17N3O5/c1-12(13-6-4-3-5-7-13)19(2)17(22)11-20-15-9-8-14(21(24)25)10-16(15)26-18(20)23/h3-10,12H,11H2,1-2H3. The number of oxazole rings is 1. The maximum atomic E-state index is 12.6. The van der Waals surface area contributed by atoms with E-state index in [0.717, 1.165) is 5.56 Å². The number of nitrogens with zero attached hydrogens (tertiary/aromatic N) is 3. The molecule has 1 amide bonds. The normalized spacial score (nSPS) is 12.1. The summed E-state index contributed by atoms with van der Waals surface area (Å²) >= 11 is 0. The molecule has 0 aliphatic carbocycles. The lowest BCUT2D eigenvalue weighted by Crippen LogP contribution is -2.34. The van der Waals surface area contributed by atoms with E-state index < -0.39 is 10.7 Å². The number of rotatable bonds is 5. The number of nitro benzene ring substituents is 1. The van der Waals surface area contributed by atoms with Gasteiger partial charge in [0.2, 0.25) is 5.91 Å². The number of carbonyl (C=O) groups excluding carboxylic acids is 1. The molecule has 0 radical (unpaired) electrons. The van der Waals surface area contributed by atoms with Gasteiger partial charge in [0.25, 0.3) is 5.69 Å². The van der Waals surface area contributed by atoms with Crippen LogP contribution in [0.15, 0.2) is 57.7 Å². The molecule has 1 aromatic heterocycles. The third kappa shape index (κ3) is 3.21. The van der Waals surface area contributed by atoms with Gasteiger partial charge < -0.3 is 9.32 Å². The lowest BCUT2D eigenvalue weighted by Gasteiger charge is -2.25. The molecule has 134 valence electrons. The molecular weight excluding hydrogens is 338 g/mol. The van der Waals surface area contributed by atoms with Crippen LogP contribution in [0.1, 0.15) is 18.5 Å². The second kappa shape index (κ2) is 6.83. The van der Waals surface area contributed by atoms with Gasteiger partial charge in [-0.2, -0.15) is 0 Å². The molecule has 0 spiro atoms. The fourth-order valence-corrected chi connectivity index (χ4v) is 2.74. The minimum Gasteiger partial charge on any atom is -0.407 e. The van der Waals surface area contributed by atoms with E-state index in [4.69, 9.17) is 4.42 Å². The van der Waals surface area contributed by atoms with Gasteiger partial charge in [-0.25, -0.2) is 4.79 Å². The third-order valence-electron chi connectivity index (χ3n) is 4.41. The van der Waals surface area contributed by atoms with Crippen molar-refractivity contribution in [2.24, 2.45) is 0 Å². The van der Waals surface area contributed by atoms with Crippen molar-refractivity contribution in [3.8, 4) is 0 Å². The molecule has 3 aromatic rings. The maximum Gasteiger partial charge on any atom is 0.420 e. The number of benzene rings is 2. The summed E-state index contributed by atoms with van der Waals surface area (Å²) in [4.78, 5) is 36.5. The van der Waals surface area contributed by atoms with E-state index in [0.29, 0.717) is 5.52 Å². The van der Waals surface area contributed by atoms with Crippen LogP contribution in [-0.2, 0) is 11.3 Å². The Morgan fingerprint density at radius 1 is 1.27 bits per heavy atom. The predicted octanol–water partition coefficient (Wildman–Crippen LogP) is 2.72. The van der Waals surface area contributed by atoms with E-state index in [1.807, 2.05) is 37.3 Å². The largest absolute Gasteiger partial charge is 0.420 e. The summed E-state index contributed by atoms with van der Waals surface area (Å²) < 4.78 is 6.22. The Morgan fingerprint density at radius 2 is 1.96 bits per heavy atom. The van der Waals surface area contributed by atoms with E-state index in [1.165, 1.54) is 22.8 Å². The molecule has 0 N–H and O–H groups in total. The first-order valence-electron chi connectivity index (χ1n) is 7.97. The second-order valence-corrected chi connectivity index (χ2v) is 5.95. The second-order valence-electron chi connectivity index (χ2n) is 5.95. The average Bonchev–Trinajstić information content (AvgIpc) is 2.95. The van der Waals surface area contributed by atoms with Gasteiger partial charge in [0.05, 0.1) is 22.5 Å². The van der Waals surface area contributed by atoms with Gasteiger partial charge in [0.15, 0.2) is 5.58 Å². The summed E-state index contributed by atoms with van der Waals surface area (Å²) in [6.07, 6.45) is 0. The summed E-state index contributed by atoms with van der Waals surface area (Å²) in [7, 11) is 1.66. The molecule has 0 saturated heterocycles. The van der Waals surface area contributed by atoms with Crippen LogP contribution < -0.4 is 5.76 Å². The Kier molecular flexibility index (Phi) is 4.57. The van der Waals surface area contributed by atoms with Gasteiger partial charge in [-0.3, -0.25) is 19.5 Å². The highest BCUT2D eigenvalue weighted by Gasteiger charge is 2.21. The smallest absolute Gasteiger partial charge is 0.407 e. The Balaban J connectivity index is 1.86. The van der Waals surface area contributed by atoms with Gasteiger partial charge in [-0.05, 0) is 18.6 Å². The summed E-state index contributed by atoms with van der Waals surface area (Å²) in [5.41, 5.74) is 1.22. The number of likely N-dealkylation sites (N-methyl/N-ethyl adjacent to an activating group) is 1. The van der Waals surface area contributed by atoms with Crippen molar-refractivity contribution < 1.29 is 14.1 Å². The number of hydrogen-bond acceptors (Lipinski definition) is 5. The number of carbonyl (C=O) groups is 1. The van der Waals surface area contributed by atoms with E-state index in [2.05, 4.69) is 0 Å². The number of hydrogen-bond donors (Lipinski definition) is 0. The number of nitro groups is 1. The van der Waals surface area contributed by atoms with Crippen molar-refractivity contribution in [3.63, 3.8) is 0 Å². The Labute approximate surface area is 148 Å². The molecule has 1 atom stereocenters. The molecule has 1 unspecified atom stereocenters. The number of fused-ring (bicyclic) bond motifs is 1. The average molecular weight is 355 g/mol. The molecule has 0 aliphatic rings. The summed E-state index contributed by atoms with van der Waals surface area (Å²) in [6.45, 7) is 1.68. The van der Waals surface area contributed by atoms with Crippen LogP contribution in [0.2, 0.25) is 0 Å². The number of amides is 1. The van der Waals surface area contributed by atoms with E-state index in [-0.39, 0.29) is 29.8 Å². The number of aromatic nitrogens is 1. The zero-order valence-electron chi connectivity index (χ0n) is 14.3. The fourth-order valence-electron chi connectivity index (χ4n) is 2.74. The summed E-state index contributed by atoms with van der Waals surface area (Å²) in [5.74, 6) is -1.00. The van der Waals surface area contributed by atoms with Gasteiger partial charge in [-0.1, -0.05) is 30.3 Å². The molecule has 8 heteroatoms. The molecule has 1 heterocycles. The van der Waals surface area contributed by atoms with Crippen LogP contribution in [-0.4, -0.2) is 27.3 Å². The topological polar surface area (TPSA) is 98.6 Å². The lowest BCUT2D eigenvalue weighted by atomic mass is 10.1. The summed E-state index contributed by atoms with van der Waals surface area (Å²) in [5, 5.41) is 10.8. The molecule has 3 rings (SSSR count). The maximum absolute atomic E-state index is 12.6. The molecule has 0 saturated carbocycles. The molecule has 8 nitrogen and oxygen atoms in total. The van der Waals surface area contributed by atoms with Crippen LogP contribution in [0.5, 0.6) is 0 Å². The van der Waals surface area contributed by atoms with Gasteiger partial charge in [0.1, 0.15) is 6.54 Å². The molecule has 26 heavy (non-hydrogen) atoms. The van der Waals surface area contributed by atoms with E-state index in [1.54, 1.807) is 11.9 Å². The molecule has 0 bridgehead atoms. The molecule has 0 fully saturated rings. The first-order chi connectivity index (χ1) is 12.4. The fraction of sp³-hybridized carbons (Fsp3) is 0.222. The van der Waals surface area contributed by atoms with Crippen molar-refractivity contribution in [2.45, 2.75) is 19.5 Å². The Hall–Kier alpha value is -3.42. The van der Waals surface area contributed by atoms with Crippen molar-refractivity contribution in [1.82, 2.24) is 9.47 Å². The molecule has 2 aromatic carbocycles. The molecular formula is C18H17N3O5. The monoisotopic (exact) mass is 355 g/mol. The summed E-state index contributed by atoms with van der Waals surface area (Å²) in [6, 6.07) is 13.2. The SMILES string of the molecule is CC(c1ccccc1)N(C)C(=O)Cn1c(=O)oc2cc([N+](=O)[O-])ccc21. The highest BCUT2D eigenvalue weighted by atomic mass is 16.6. The zero-order chi connectivity index (χ0) is 18.8. The quantitative estimate of drug-likeness (QED) is 0.518. The van der Waals surface area contributed by atoms with Crippen LogP contribution in [0.4, 0.5) is 5.69 Å². The highest BCUT2D eigenvalue weighted by molar-refractivity contribution is 5.80. The number of non-ortho nitro benzene ring substituents is 1. The first-order valence-corrected chi connectivity index (χ1v) is 7.97. The van der Waals surface area contributed by atoms with Crippen LogP contribution in [0, 0.1) is 10.1 Å². The Morgan fingerprint density at radius 3 is 2.62 bits per heavy atom. The molecule has 0 aliphatic heterocycles. The van der Waals surface area contributed by atoms with Gasteiger partial charge in [0, 0.05) is 13.1 Å².